The van der Waals surface area contributed by atoms with Crippen molar-refractivity contribution in [2.24, 2.45) is 5.92 Å². The van der Waals surface area contributed by atoms with Gasteiger partial charge < -0.3 is 0 Å². The van der Waals surface area contributed by atoms with Crippen molar-refractivity contribution in [3.63, 3.8) is 0 Å². The Morgan fingerprint density at radius 2 is 1.81 bits per heavy atom. The molecule has 0 saturated carbocycles. The Balaban J connectivity index is 2.72. The van der Waals surface area contributed by atoms with Crippen LogP contribution in [0.25, 0.3) is 0 Å². The summed E-state index contributed by atoms with van der Waals surface area (Å²) in [5.74, 6) is 0.617. The smallest absolute Gasteiger partial charge is 0.175 e. The van der Waals surface area contributed by atoms with Crippen molar-refractivity contribution < 1.29 is 4.79 Å². The summed E-state index contributed by atoms with van der Waals surface area (Å²) in [5, 5.41) is 0. The fourth-order valence-electron chi connectivity index (χ4n) is 2.00. The third kappa shape index (κ3) is 3.44. The average molecular weight is 238 g/mol. The lowest BCUT2D eigenvalue weighted by Gasteiger charge is -2.12. The Hall–Kier alpha value is -0.630. The fourth-order valence-corrected chi connectivity index (χ4v) is 2.97. The zero-order chi connectivity index (χ0) is 12.0. The Morgan fingerprint density at radius 3 is 2.25 bits per heavy atom. The topological polar surface area (TPSA) is 17.1 Å². The number of thiophene rings is 1. The summed E-state index contributed by atoms with van der Waals surface area (Å²) in [7, 11) is 0. The Kier molecular flexibility index (Phi) is 5.75. The van der Waals surface area contributed by atoms with E-state index < -0.39 is 0 Å². The molecule has 90 valence electrons. The zero-order valence-corrected chi connectivity index (χ0v) is 11.4. The summed E-state index contributed by atoms with van der Waals surface area (Å²) in [6.45, 7) is 6.44. The molecule has 0 fully saturated rings. The molecular weight excluding hydrogens is 216 g/mol. The van der Waals surface area contributed by atoms with Crippen LogP contribution in [0.5, 0.6) is 0 Å². The molecule has 0 unspecified atom stereocenters. The van der Waals surface area contributed by atoms with Gasteiger partial charge in [-0.3, -0.25) is 4.79 Å². The Morgan fingerprint density at radius 1 is 1.19 bits per heavy atom. The average Bonchev–Trinajstić information content (AvgIpc) is 2.76. The van der Waals surface area contributed by atoms with E-state index >= 15 is 0 Å². The molecule has 1 aromatic rings. The molecule has 16 heavy (non-hydrogen) atoms. The van der Waals surface area contributed by atoms with Gasteiger partial charge in [-0.2, -0.15) is 0 Å². The second kappa shape index (κ2) is 6.85. The van der Waals surface area contributed by atoms with Crippen LogP contribution in [-0.4, -0.2) is 5.78 Å². The highest BCUT2D eigenvalue weighted by molar-refractivity contribution is 7.14. The standard InChI is InChI=1S/C14H22OS/c1-4-7-11(8-5-2)14(15)13-10-9-12(6-3)16-13/h9-11H,4-8H2,1-3H3. The molecule has 0 aliphatic carbocycles. The number of hydrogen-bond donors (Lipinski definition) is 0. The number of aryl methyl sites for hydroxylation is 1. The normalized spacial score (nSPS) is 11.0. The summed E-state index contributed by atoms with van der Waals surface area (Å²) >= 11 is 1.67. The maximum Gasteiger partial charge on any atom is 0.175 e. The number of carbonyl (C=O) groups excluding carboxylic acids is 1. The van der Waals surface area contributed by atoms with E-state index in [1.807, 2.05) is 6.07 Å². The third-order valence-electron chi connectivity index (χ3n) is 2.90. The predicted octanol–water partition coefficient (Wildman–Crippen LogP) is 4.71. The van der Waals surface area contributed by atoms with Crippen molar-refractivity contribution in [2.75, 3.05) is 0 Å². The molecule has 0 aliphatic heterocycles. The highest BCUT2D eigenvalue weighted by Crippen LogP contribution is 2.24. The lowest BCUT2D eigenvalue weighted by molar-refractivity contribution is 0.0909. The van der Waals surface area contributed by atoms with Crippen LogP contribution in [0, 0.1) is 5.92 Å². The van der Waals surface area contributed by atoms with Crippen LogP contribution >= 0.6 is 11.3 Å². The number of hydrogen-bond acceptors (Lipinski definition) is 2. The van der Waals surface area contributed by atoms with Crippen molar-refractivity contribution in [3.05, 3.63) is 21.9 Å². The molecule has 0 spiro atoms. The van der Waals surface area contributed by atoms with Crippen molar-refractivity contribution >= 4 is 17.1 Å². The molecule has 0 N–H and O–H groups in total. The highest BCUT2D eigenvalue weighted by Gasteiger charge is 2.19. The molecule has 0 bridgehead atoms. The van der Waals surface area contributed by atoms with Crippen LogP contribution in [0.3, 0.4) is 0 Å². The number of carbonyl (C=O) groups is 1. The number of Topliss-reactive ketones (excluding diaryl/α,β-unsaturated/α-hetero) is 1. The van der Waals surface area contributed by atoms with E-state index in [1.54, 1.807) is 11.3 Å². The van der Waals surface area contributed by atoms with E-state index in [0.717, 1.165) is 37.0 Å². The molecule has 0 aliphatic rings. The van der Waals surface area contributed by atoms with Crippen molar-refractivity contribution in [3.8, 4) is 0 Å². The van der Waals surface area contributed by atoms with Gasteiger partial charge in [-0.05, 0) is 31.4 Å². The zero-order valence-electron chi connectivity index (χ0n) is 10.6. The largest absolute Gasteiger partial charge is 0.293 e. The highest BCUT2D eigenvalue weighted by atomic mass is 32.1. The minimum atomic E-state index is 0.248. The molecule has 1 heterocycles. The molecular formula is C14H22OS. The molecule has 1 aromatic heterocycles. The molecule has 2 heteroatoms. The summed E-state index contributed by atoms with van der Waals surface area (Å²) in [5.41, 5.74) is 0. The van der Waals surface area contributed by atoms with Crippen LogP contribution in [0.1, 0.15) is 61.0 Å². The van der Waals surface area contributed by atoms with E-state index in [1.165, 1.54) is 4.88 Å². The van der Waals surface area contributed by atoms with Gasteiger partial charge in [0.25, 0.3) is 0 Å². The van der Waals surface area contributed by atoms with E-state index in [0.29, 0.717) is 5.78 Å². The van der Waals surface area contributed by atoms with Crippen LogP contribution < -0.4 is 0 Å². The second-order valence-electron chi connectivity index (χ2n) is 4.26. The van der Waals surface area contributed by atoms with Gasteiger partial charge in [-0.25, -0.2) is 0 Å². The first-order chi connectivity index (χ1) is 7.72. The van der Waals surface area contributed by atoms with E-state index in [4.69, 9.17) is 0 Å². The minimum Gasteiger partial charge on any atom is -0.293 e. The molecule has 0 radical (unpaired) electrons. The summed E-state index contributed by atoms with van der Waals surface area (Å²) < 4.78 is 0. The summed E-state index contributed by atoms with van der Waals surface area (Å²) in [6, 6.07) is 4.09. The molecule has 0 atom stereocenters. The molecule has 0 amide bonds. The SMILES string of the molecule is CCCC(CCC)C(=O)c1ccc(CC)s1. The van der Waals surface area contributed by atoms with Crippen molar-refractivity contribution in [1.29, 1.82) is 0 Å². The summed E-state index contributed by atoms with van der Waals surface area (Å²) in [6.07, 6.45) is 5.30. The first kappa shape index (κ1) is 13.4. The van der Waals surface area contributed by atoms with Gasteiger partial charge in [0.05, 0.1) is 4.88 Å². The lowest BCUT2D eigenvalue weighted by Crippen LogP contribution is -2.13. The number of ketones is 1. The van der Waals surface area contributed by atoms with E-state index in [-0.39, 0.29) is 5.92 Å². The van der Waals surface area contributed by atoms with E-state index in [9.17, 15) is 4.79 Å². The van der Waals surface area contributed by atoms with Gasteiger partial charge in [0.1, 0.15) is 0 Å². The van der Waals surface area contributed by atoms with Crippen molar-refractivity contribution in [2.45, 2.75) is 52.9 Å². The van der Waals surface area contributed by atoms with Crippen LogP contribution in [0.2, 0.25) is 0 Å². The molecule has 1 nitrogen and oxygen atoms in total. The van der Waals surface area contributed by atoms with Crippen LogP contribution in [0.4, 0.5) is 0 Å². The first-order valence-electron chi connectivity index (χ1n) is 6.35. The van der Waals surface area contributed by atoms with Gasteiger partial charge in [-0.15, -0.1) is 11.3 Å². The Bertz CT molecular complexity index is 321. The van der Waals surface area contributed by atoms with Crippen LogP contribution in [0.15, 0.2) is 12.1 Å². The lowest BCUT2D eigenvalue weighted by atomic mass is 9.93. The maximum absolute atomic E-state index is 12.3. The maximum atomic E-state index is 12.3. The summed E-state index contributed by atoms with van der Waals surface area (Å²) in [4.78, 5) is 14.5. The van der Waals surface area contributed by atoms with Gasteiger partial charge >= 0.3 is 0 Å². The minimum absolute atomic E-state index is 0.248. The molecule has 1 rings (SSSR count). The van der Waals surface area contributed by atoms with Gasteiger partial charge in [0.2, 0.25) is 0 Å². The predicted molar refractivity (Wildman–Crippen MR) is 71.3 cm³/mol. The van der Waals surface area contributed by atoms with Gasteiger partial charge in [0, 0.05) is 10.8 Å². The van der Waals surface area contributed by atoms with Gasteiger partial charge in [0.15, 0.2) is 5.78 Å². The molecule has 0 saturated heterocycles. The first-order valence-corrected chi connectivity index (χ1v) is 7.17. The fraction of sp³-hybridized carbons (Fsp3) is 0.643. The third-order valence-corrected chi connectivity index (χ3v) is 4.14. The van der Waals surface area contributed by atoms with E-state index in [2.05, 4.69) is 26.8 Å². The number of rotatable bonds is 7. The quantitative estimate of drug-likeness (QED) is 0.629. The molecule has 0 aromatic carbocycles. The van der Waals surface area contributed by atoms with Crippen molar-refractivity contribution in [1.82, 2.24) is 0 Å². The second-order valence-corrected chi connectivity index (χ2v) is 5.43. The van der Waals surface area contributed by atoms with Crippen LogP contribution in [-0.2, 0) is 6.42 Å². The Labute approximate surface area is 103 Å². The monoisotopic (exact) mass is 238 g/mol. The van der Waals surface area contributed by atoms with Gasteiger partial charge in [-0.1, -0.05) is 33.6 Å².